The summed E-state index contributed by atoms with van der Waals surface area (Å²) in [4.78, 5) is 12.5. The highest BCUT2D eigenvalue weighted by Crippen LogP contribution is 2.38. The summed E-state index contributed by atoms with van der Waals surface area (Å²) in [7, 11) is -4.32. The Morgan fingerprint density at radius 3 is 2.36 bits per heavy atom. The van der Waals surface area contributed by atoms with Gasteiger partial charge in [0.15, 0.2) is 0 Å². The summed E-state index contributed by atoms with van der Waals surface area (Å²) in [6.07, 6.45) is -0.992. The third-order valence-electron chi connectivity index (χ3n) is 5.29. The topological polar surface area (TPSA) is 66.5 Å². The van der Waals surface area contributed by atoms with E-state index in [-0.39, 0.29) is 16.5 Å². The van der Waals surface area contributed by atoms with Crippen LogP contribution in [0, 0.1) is 5.92 Å². The van der Waals surface area contributed by atoms with Gasteiger partial charge in [0.1, 0.15) is 6.54 Å². The van der Waals surface area contributed by atoms with Crippen molar-refractivity contribution >= 4 is 33.2 Å². The lowest BCUT2D eigenvalue weighted by atomic mass is 9.99. The van der Waals surface area contributed by atoms with Crippen molar-refractivity contribution in [1.29, 1.82) is 0 Å². The Morgan fingerprint density at radius 1 is 1.12 bits per heavy atom. The molecule has 0 saturated heterocycles. The maximum Gasteiger partial charge on any atom is 0.417 e. The van der Waals surface area contributed by atoms with Crippen LogP contribution >= 0.6 is 11.6 Å². The highest BCUT2D eigenvalue weighted by Gasteiger charge is 2.35. The van der Waals surface area contributed by atoms with Gasteiger partial charge in [-0.1, -0.05) is 62.9 Å². The summed E-state index contributed by atoms with van der Waals surface area (Å²) < 4.78 is 67.4. The third-order valence-corrected chi connectivity index (χ3v) is 7.41. The molecular formula is C23H28ClF3N2O3S. The van der Waals surface area contributed by atoms with Gasteiger partial charge in [-0.15, -0.1) is 0 Å². The number of carbonyl (C=O) groups excluding carboxylic acids is 1. The highest BCUT2D eigenvalue weighted by molar-refractivity contribution is 7.92. The number of halogens is 4. The lowest BCUT2D eigenvalue weighted by Crippen LogP contribution is -2.42. The second kappa shape index (κ2) is 11.7. The number of rotatable bonds is 11. The Balaban J connectivity index is 2.38. The largest absolute Gasteiger partial charge is 0.417 e. The lowest BCUT2D eigenvalue weighted by Gasteiger charge is -2.25. The second-order valence-corrected chi connectivity index (χ2v) is 9.98. The second-order valence-electron chi connectivity index (χ2n) is 7.71. The summed E-state index contributed by atoms with van der Waals surface area (Å²) >= 11 is 5.70. The molecule has 0 aliphatic rings. The van der Waals surface area contributed by atoms with Crippen LogP contribution in [-0.2, 0) is 21.0 Å². The van der Waals surface area contributed by atoms with Gasteiger partial charge in [-0.25, -0.2) is 8.42 Å². The van der Waals surface area contributed by atoms with Crippen molar-refractivity contribution in [3.8, 4) is 0 Å². The van der Waals surface area contributed by atoms with Crippen molar-refractivity contribution in [1.82, 2.24) is 5.32 Å². The van der Waals surface area contributed by atoms with Crippen molar-refractivity contribution in [2.75, 3.05) is 17.4 Å². The van der Waals surface area contributed by atoms with Crippen LogP contribution in [0.4, 0.5) is 18.9 Å². The molecular weight excluding hydrogens is 477 g/mol. The Morgan fingerprint density at radius 2 is 1.79 bits per heavy atom. The van der Waals surface area contributed by atoms with Crippen molar-refractivity contribution in [3.63, 3.8) is 0 Å². The normalized spacial score (nSPS) is 12.9. The first-order valence-corrected chi connectivity index (χ1v) is 12.5. The van der Waals surface area contributed by atoms with E-state index in [1.807, 2.05) is 6.92 Å². The van der Waals surface area contributed by atoms with Gasteiger partial charge in [-0.3, -0.25) is 9.10 Å². The molecule has 0 radical (unpaired) electrons. The molecule has 10 heteroatoms. The van der Waals surface area contributed by atoms with Gasteiger partial charge in [0.2, 0.25) is 5.91 Å². The maximum absolute atomic E-state index is 13.4. The van der Waals surface area contributed by atoms with Crippen LogP contribution in [0.25, 0.3) is 0 Å². The number of anilines is 1. The van der Waals surface area contributed by atoms with E-state index in [0.29, 0.717) is 16.9 Å². The van der Waals surface area contributed by atoms with E-state index in [1.54, 1.807) is 6.07 Å². The predicted molar refractivity (Wildman–Crippen MR) is 124 cm³/mol. The fraction of sp³-hybridized carbons (Fsp3) is 0.435. The molecule has 2 rings (SSSR count). The Kier molecular flexibility index (Phi) is 9.60. The standard InChI is InChI=1S/C23H28ClF3N2O3S/c1-3-5-9-17(4-2)15-28-22(30)16-29(33(31,32)19-10-7-6-8-11-19)18-12-13-21(24)20(14-18)23(25,26)27/h6-8,10-14,17H,3-5,9,15-16H2,1-2H3,(H,28,30)/t17-/m0/s1. The minimum Gasteiger partial charge on any atom is -0.354 e. The number of amides is 1. The number of unbranched alkanes of at least 4 members (excludes halogenated alkanes) is 1. The van der Waals surface area contributed by atoms with Crippen LogP contribution in [-0.4, -0.2) is 27.4 Å². The molecule has 2 aromatic rings. The smallest absolute Gasteiger partial charge is 0.354 e. The molecule has 0 aliphatic carbocycles. The van der Waals surface area contributed by atoms with Crippen molar-refractivity contribution in [2.24, 2.45) is 5.92 Å². The van der Waals surface area contributed by atoms with E-state index >= 15 is 0 Å². The zero-order valence-electron chi connectivity index (χ0n) is 18.5. The van der Waals surface area contributed by atoms with Crippen LogP contribution in [0.15, 0.2) is 53.4 Å². The van der Waals surface area contributed by atoms with Gasteiger partial charge < -0.3 is 5.32 Å². The van der Waals surface area contributed by atoms with Crippen LogP contribution < -0.4 is 9.62 Å². The first kappa shape index (κ1) is 27.0. The van der Waals surface area contributed by atoms with Gasteiger partial charge in [-0.05, 0) is 42.7 Å². The zero-order valence-corrected chi connectivity index (χ0v) is 20.1. The van der Waals surface area contributed by atoms with Crippen molar-refractivity contribution in [2.45, 2.75) is 50.6 Å². The minimum atomic E-state index is -4.79. The van der Waals surface area contributed by atoms with E-state index in [4.69, 9.17) is 11.6 Å². The molecule has 2 aromatic carbocycles. The number of hydrogen-bond acceptors (Lipinski definition) is 3. The molecule has 0 bridgehead atoms. The monoisotopic (exact) mass is 504 g/mol. The summed E-state index contributed by atoms with van der Waals surface area (Å²) in [6.45, 7) is 3.77. The van der Waals surface area contributed by atoms with Crippen LogP contribution in [0.3, 0.4) is 0 Å². The molecule has 0 spiro atoms. The average Bonchev–Trinajstić information content (AvgIpc) is 2.78. The molecule has 5 nitrogen and oxygen atoms in total. The van der Waals surface area contributed by atoms with Crippen LogP contribution in [0.5, 0.6) is 0 Å². The summed E-state index contributed by atoms with van der Waals surface area (Å²) in [6, 6.07) is 10.0. The van der Waals surface area contributed by atoms with Gasteiger partial charge in [0, 0.05) is 6.54 Å². The van der Waals surface area contributed by atoms with Crippen LogP contribution in [0.1, 0.15) is 45.1 Å². The van der Waals surface area contributed by atoms with E-state index in [1.165, 1.54) is 24.3 Å². The first-order chi connectivity index (χ1) is 15.5. The number of nitrogens with zero attached hydrogens (tertiary/aromatic N) is 1. The molecule has 1 N–H and O–H groups in total. The summed E-state index contributed by atoms with van der Waals surface area (Å²) in [5.41, 5.74) is -1.48. The number of benzene rings is 2. The highest BCUT2D eigenvalue weighted by atomic mass is 35.5. The third kappa shape index (κ3) is 7.37. The number of sulfonamides is 1. The Hall–Kier alpha value is -2.26. The number of nitrogens with one attached hydrogen (secondary N) is 1. The molecule has 0 aromatic heterocycles. The molecule has 0 unspecified atom stereocenters. The SMILES string of the molecule is CCCC[C@H](CC)CNC(=O)CN(c1ccc(Cl)c(C(F)(F)F)c1)S(=O)(=O)c1ccccc1. The zero-order chi connectivity index (χ0) is 24.6. The molecule has 0 fully saturated rings. The van der Waals surface area contributed by atoms with Gasteiger partial charge >= 0.3 is 6.18 Å². The van der Waals surface area contributed by atoms with Gasteiger partial charge in [0.25, 0.3) is 10.0 Å². The average molecular weight is 505 g/mol. The molecule has 182 valence electrons. The minimum absolute atomic E-state index is 0.143. The molecule has 0 aliphatic heterocycles. The summed E-state index contributed by atoms with van der Waals surface area (Å²) in [5, 5.41) is 2.17. The number of alkyl halides is 3. The predicted octanol–water partition coefficient (Wildman–Crippen LogP) is 5.89. The first-order valence-electron chi connectivity index (χ1n) is 10.7. The molecule has 1 amide bonds. The van der Waals surface area contributed by atoms with Gasteiger partial charge in [-0.2, -0.15) is 13.2 Å². The quantitative estimate of drug-likeness (QED) is 0.415. The Labute approximate surface area is 198 Å². The fourth-order valence-corrected chi connectivity index (χ4v) is 4.97. The lowest BCUT2D eigenvalue weighted by molar-refractivity contribution is -0.137. The maximum atomic E-state index is 13.4. The van der Waals surface area contributed by atoms with E-state index < -0.39 is 39.2 Å². The fourth-order valence-electron chi connectivity index (χ4n) is 3.31. The number of hydrogen-bond donors (Lipinski definition) is 1. The Bertz CT molecular complexity index is 1030. The van der Waals surface area contributed by atoms with E-state index in [0.717, 1.165) is 37.8 Å². The van der Waals surface area contributed by atoms with E-state index in [9.17, 15) is 26.4 Å². The molecule has 0 saturated carbocycles. The van der Waals surface area contributed by atoms with E-state index in [2.05, 4.69) is 12.2 Å². The number of carbonyl (C=O) groups is 1. The molecule has 33 heavy (non-hydrogen) atoms. The van der Waals surface area contributed by atoms with Crippen molar-refractivity contribution < 1.29 is 26.4 Å². The van der Waals surface area contributed by atoms with Crippen molar-refractivity contribution in [3.05, 3.63) is 59.1 Å². The van der Waals surface area contributed by atoms with Gasteiger partial charge in [0.05, 0.1) is 21.2 Å². The van der Waals surface area contributed by atoms with Crippen LogP contribution in [0.2, 0.25) is 5.02 Å². The molecule has 0 heterocycles. The summed E-state index contributed by atoms with van der Waals surface area (Å²) in [5.74, 6) is -0.367. The molecule has 1 atom stereocenters.